The molecule has 0 bridgehead atoms. The van der Waals surface area contributed by atoms with Gasteiger partial charge in [-0.05, 0) is 0 Å². The largest absolute Gasteiger partial charge is 0.365 e. The van der Waals surface area contributed by atoms with Gasteiger partial charge in [-0.2, -0.15) is 0 Å². The van der Waals surface area contributed by atoms with E-state index in [0.717, 1.165) is 6.20 Å². The van der Waals surface area contributed by atoms with Crippen molar-refractivity contribution in [1.29, 1.82) is 0 Å². The number of hydrogen-bond acceptors (Lipinski definition) is 2. The highest BCUT2D eigenvalue weighted by atomic mass is 35.5. The molecule has 0 spiro atoms. The van der Waals surface area contributed by atoms with E-state index in [9.17, 15) is 13.6 Å². The molecule has 0 atom stereocenters. The van der Waals surface area contributed by atoms with E-state index >= 15 is 0 Å². The van der Waals surface area contributed by atoms with E-state index in [-0.39, 0.29) is 10.2 Å². The van der Waals surface area contributed by atoms with Crippen molar-refractivity contribution >= 4 is 29.1 Å². The molecule has 7 heteroatoms. The lowest BCUT2D eigenvalue weighted by Crippen LogP contribution is -2.16. The quantitative estimate of drug-likeness (QED) is 0.808. The number of amides is 1. The fourth-order valence-electron chi connectivity index (χ4n) is 0.926. The van der Waals surface area contributed by atoms with Crippen molar-refractivity contribution in [1.82, 2.24) is 4.98 Å². The van der Waals surface area contributed by atoms with Crippen LogP contribution in [0.3, 0.4) is 0 Å². The smallest absolute Gasteiger partial charge is 0.266 e. The third-order valence-electron chi connectivity index (χ3n) is 1.49. The minimum absolute atomic E-state index is 0.335. The second-order valence-electron chi connectivity index (χ2n) is 2.35. The summed E-state index contributed by atoms with van der Waals surface area (Å²) in [5.41, 5.74) is 3.65. The van der Waals surface area contributed by atoms with Crippen LogP contribution in [0.25, 0.3) is 0 Å². The average Bonchev–Trinajstić information content (AvgIpc) is 2.07. The molecule has 76 valence electrons. The van der Waals surface area contributed by atoms with Crippen LogP contribution in [-0.2, 0) is 0 Å². The van der Waals surface area contributed by atoms with Crippen LogP contribution in [0.4, 0.5) is 8.78 Å². The number of nitrogens with two attached hydrogens (primary N) is 1. The lowest BCUT2D eigenvalue weighted by molar-refractivity contribution is 0.0986. The predicted molar refractivity (Wildman–Crippen MR) is 47.7 cm³/mol. The molecule has 0 aliphatic carbocycles. The highest BCUT2D eigenvalue weighted by molar-refractivity contribution is 6.35. The molecule has 1 aromatic rings. The molecule has 14 heavy (non-hydrogen) atoms. The molecular formula is C7H4Cl2F2N2O. The third kappa shape index (κ3) is 1.93. The van der Waals surface area contributed by atoms with Gasteiger partial charge in [-0.15, -0.1) is 0 Å². The number of carbonyl (C=O) groups excluding carboxylic acids is 1. The van der Waals surface area contributed by atoms with Gasteiger partial charge in [-0.3, -0.25) is 4.79 Å². The molecule has 0 aromatic carbocycles. The number of halogens is 4. The Morgan fingerprint density at radius 1 is 1.50 bits per heavy atom. The maximum absolute atomic E-state index is 12.5. The number of nitrogens with zero attached hydrogens (tertiary/aromatic N) is 1. The Balaban J connectivity index is 3.50. The second-order valence-corrected chi connectivity index (χ2v) is 3.12. The SMILES string of the molecule is NC(=O)c1c(Cl)ncc(Cl)c1C(F)F. The first-order chi connectivity index (χ1) is 6.45. The molecule has 1 heterocycles. The van der Waals surface area contributed by atoms with Crippen LogP contribution in [0.15, 0.2) is 6.20 Å². The number of pyridine rings is 1. The van der Waals surface area contributed by atoms with Crippen LogP contribution >= 0.6 is 23.2 Å². The minimum Gasteiger partial charge on any atom is -0.365 e. The molecule has 0 aliphatic heterocycles. The van der Waals surface area contributed by atoms with Crippen molar-refractivity contribution in [3.8, 4) is 0 Å². The summed E-state index contributed by atoms with van der Waals surface area (Å²) in [6.45, 7) is 0. The molecule has 0 saturated carbocycles. The normalized spacial score (nSPS) is 10.6. The van der Waals surface area contributed by atoms with Crippen molar-refractivity contribution in [2.24, 2.45) is 5.73 Å². The Labute approximate surface area is 87.8 Å². The Bertz CT molecular complexity index is 384. The van der Waals surface area contributed by atoms with Gasteiger partial charge in [-0.25, -0.2) is 13.8 Å². The predicted octanol–water partition coefficient (Wildman–Crippen LogP) is 2.42. The van der Waals surface area contributed by atoms with Gasteiger partial charge in [0.05, 0.1) is 16.1 Å². The Hall–Kier alpha value is -0.940. The standard InChI is InChI=1S/C7H4Cl2F2N2O/c8-2-1-13-5(9)4(7(12)14)3(2)6(10)11/h1,6H,(H2,12,14). The van der Waals surface area contributed by atoms with Gasteiger partial charge >= 0.3 is 0 Å². The molecular weight excluding hydrogens is 237 g/mol. The maximum Gasteiger partial charge on any atom is 0.266 e. The summed E-state index contributed by atoms with van der Waals surface area (Å²) in [5.74, 6) is -1.08. The van der Waals surface area contributed by atoms with Crippen LogP contribution < -0.4 is 5.73 Å². The summed E-state index contributed by atoms with van der Waals surface area (Å²) in [5, 5.41) is -0.713. The molecule has 0 unspecified atom stereocenters. The first-order valence-corrected chi connectivity index (χ1v) is 4.12. The number of primary amides is 1. The van der Waals surface area contributed by atoms with Crippen molar-refractivity contribution < 1.29 is 13.6 Å². The zero-order chi connectivity index (χ0) is 10.9. The van der Waals surface area contributed by atoms with E-state index in [2.05, 4.69) is 4.98 Å². The molecule has 0 radical (unpaired) electrons. The fourth-order valence-corrected chi connectivity index (χ4v) is 1.40. The Kier molecular flexibility index (Phi) is 3.23. The van der Waals surface area contributed by atoms with Crippen molar-refractivity contribution in [2.75, 3.05) is 0 Å². The first kappa shape index (κ1) is 11.1. The van der Waals surface area contributed by atoms with Crippen molar-refractivity contribution in [3.63, 3.8) is 0 Å². The Morgan fingerprint density at radius 2 is 2.07 bits per heavy atom. The highest BCUT2D eigenvalue weighted by Crippen LogP contribution is 2.32. The van der Waals surface area contributed by atoms with Crippen LogP contribution in [0.2, 0.25) is 10.2 Å². The van der Waals surface area contributed by atoms with Crippen LogP contribution in [0.1, 0.15) is 22.3 Å². The van der Waals surface area contributed by atoms with Crippen LogP contribution in [0, 0.1) is 0 Å². The zero-order valence-corrected chi connectivity index (χ0v) is 8.11. The second kappa shape index (κ2) is 4.06. The summed E-state index contributed by atoms with van der Waals surface area (Å²) in [6, 6.07) is 0. The Morgan fingerprint density at radius 3 is 2.43 bits per heavy atom. The lowest BCUT2D eigenvalue weighted by Gasteiger charge is -2.08. The van der Waals surface area contributed by atoms with Crippen molar-refractivity contribution in [2.45, 2.75) is 6.43 Å². The van der Waals surface area contributed by atoms with E-state index in [0.29, 0.717) is 0 Å². The topological polar surface area (TPSA) is 56.0 Å². The number of hydrogen-bond donors (Lipinski definition) is 1. The molecule has 0 fully saturated rings. The molecule has 1 aromatic heterocycles. The first-order valence-electron chi connectivity index (χ1n) is 3.37. The molecule has 0 aliphatic rings. The molecule has 1 amide bonds. The van der Waals surface area contributed by atoms with E-state index in [1.165, 1.54) is 0 Å². The summed E-state index contributed by atoms with van der Waals surface area (Å²) < 4.78 is 24.9. The third-order valence-corrected chi connectivity index (χ3v) is 2.08. The average molecular weight is 241 g/mol. The van der Waals surface area contributed by atoms with Crippen molar-refractivity contribution in [3.05, 3.63) is 27.5 Å². The summed E-state index contributed by atoms with van der Waals surface area (Å²) >= 11 is 10.9. The van der Waals surface area contributed by atoms with Gasteiger partial charge in [0.15, 0.2) is 0 Å². The summed E-state index contributed by atoms with van der Waals surface area (Å²) in [7, 11) is 0. The number of carbonyl (C=O) groups is 1. The number of aromatic nitrogens is 1. The van der Waals surface area contributed by atoms with E-state index in [1.54, 1.807) is 0 Å². The number of rotatable bonds is 2. The van der Waals surface area contributed by atoms with Gasteiger partial charge in [-0.1, -0.05) is 23.2 Å². The summed E-state index contributed by atoms with van der Waals surface area (Å²) in [6.07, 6.45) is -1.98. The van der Waals surface area contributed by atoms with Gasteiger partial charge < -0.3 is 5.73 Å². The van der Waals surface area contributed by atoms with E-state index < -0.39 is 23.5 Å². The van der Waals surface area contributed by atoms with E-state index in [4.69, 9.17) is 28.9 Å². The van der Waals surface area contributed by atoms with Gasteiger partial charge in [0.2, 0.25) is 0 Å². The lowest BCUT2D eigenvalue weighted by atomic mass is 10.1. The molecule has 1 rings (SSSR count). The van der Waals surface area contributed by atoms with Gasteiger partial charge in [0, 0.05) is 6.20 Å². The maximum atomic E-state index is 12.5. The summed E-state index contributed by atoms with van der Waals surface area (Å²) in [4.78, 5) is 14.2. The van der Waals surface area contributed by atoms with Crippen LogP contribution in [0.5, 0.6) is 0 Å². The zero-order valence-electron chi connectivity index (χ0n) is 6.60. The molecule has 0 saturated heterocycles. The van der Waals surface area contributed by atoms with Crippen LogP contribution in [-0.4, -0.2) is 10.9 Å². The molecule has 3 nitrogen and oxygen atoms in total. The van der Waals surface area contributed by atoms with Gasteiger partial charge in [0.25, 0.3) is 12.3 Å². The fraction of sp³-hybridized carbons (Fsp3) is 0.143. The van der Waals surface area contributed by atoms with Gasteiger partial charge in [0.1, 0.15) is 5.15 Å². The number of alkyl halides is 2. The van der Waals surface area contributed by atoms with E-state index in [1.807, 2.05) is 0 Å². The molecule has 2 N–H and O–H groups in total. The minimum atomic E-state index is -2.93. The monoisotopic (exact) mass is 240 g/mol. The highest BCUT2D eigenvalue weighted by Gasteiger charge is 2.23.